The van der Waals surface area contributed by atoms with Crippen molar-refractivity contribution in [1.82, 2.24) is 10.3 Å². The molecule has 24 heavy (non-hydrogen) atoms. The van der Waals surface area contributed by atoms with Crippen molar-refractivity contribution in [1.29, 1.82) is 5.26 Å². The molecule has 6 heteroatoms. The number of carbonyl (C=O) groups is 1. The Bertz CT molecular complexity index is 806. The lowest BCUT2D eigenvalue weighted by Gasteiger charge is -2.19. The summed E-state index contributed by atoms with van der Waals surface area (Å²) in [5.41, 5.74) is 1.40. The third-order valence-electron chi connectivity index (χ3n) is 4.27. The van der Waals surface area contributed by atoms with Crippen LogP contribution in [0.2, 0.25) is 0 Å². The van der Waals surface area contributed by atoms with E-state index in [1.54, 1.807) is 6.07 Å². The van der Waals surface area contributed by atoms with Crippen LogP contribution in [0.5, 0.6) is 0 Å². The van der Waals surface area contributed by atoms with Gasteiger partial charge in [0.15, 0.2) is 0 Å². The predicted octanol–water partition coefficient (Wildman–Crippen LogP) is 2.27. The van der Waals surface area contributed by atoms with Gasteiger partial charge in [-0.3, -0.25) is 4.79 Å². The molecule has 1 N–H and O–H groups in total. The quantitative estimate of drug-likeness (QED) is 0.936. The summed E-state index contributed by atoms with van der Waals surface area (Å²) >= 11 is 0. The molecule has 3 heterocycles. The van der Waals surface area contributed by atoms with Gasteiger partial charge in [0.2, 0.25) is 5.91 Å². The van der Waals surface area contributed by atoms with E-state index in [1.165, 1.54) is 6.92 Å². The first-order valence-corrected chi connectivity index (χ1v) is 7.94. The maximum atomic E-state index is 11.6. The molecule has 3 rings (SSSR count). The SMILES string of the molecule is CC(=O)N[C@@H]1CN(c2nc(C)ccc2C#N)C[C@H]1c1ccc(C)o1. The van der Waals surface area contributed by atoms with Crippen molar-refractivity contribution in [3.8, 4) is 6.07 Å². The van der Waals surface area contributed by atoms with E-state index >= 15 is 0 Å². The minimum Gasteiger partial charge on any atom is -0.466 e. The van der Waals surface area contributed by atoms with Crippen LogP contribution in [0.3, 0.4) is 0 Å². The molecule has 2 atom stereocenters. The molecular weight excluding hydrogens is 304 g/mol. The van der Waals surface area contributed by atoms with Crippen LogP contribution < -0.4 is 10.2 Å². The number of amides is 1. The second-order valence-electron chi connectivity index (χ2n) is 6.20. The van der Waals surface area contributed by atoms with Crippen molar-refractivity contribution in [3.05, 3.63) is 47.0 Å². The predicted molar refractivity (Wildman–Crippen MR) is 89.7 cm³/mol. The Hall–Kier alpha value is -2.81. The first-order valence-electron chi connectivity index (χ1n) is 7.94. The third-order valence-corrected chi connectivity index (χ3v) is 4.27. The van der Waals surface area contributed by atoms with Crippen molar-refractivity contribution in [2.45, 2.75) is 32.7 Å². The number of rotatable bonds is 3. The first-order chi connectivity index (χ1) is 11.5. The van der Waals surface area contributed by atoms with E-state index in [0.717, 1.165) is 17.2 Å². The summed E-state index contributed by atoms with van der Waals surface area (Å²) in [6, 6.07) is 9.61. The van der Waals surface area contributed by atoms with Gasteiger partial charge >= 0.3 is 0 Å². The molecule has 1 fully saturated rings. The lowest BCUT2D eigenvalue weighted by atomic mass is 10.0. The van der Waals surface area contributed by atoms with Gasteiger partial charge in [-0.2, -0.15) is 5.26 Å². The number of hydrogen-bond acceptors (Lipinski definition) is 5. The van der Waals surface area contributed by atoms with Gasteiger partial charge in [-0.15, -0.1) is 0 Å². The standard InChI is InChI=1S/C18H20N4O2/c1-11-4-6-14(8-19)18(20-11)22-9-15(16(10-22)21-13(3)23)17-7-5-12(2)24-17/h4-7,15-16H,9-10H2,1-3H3,(H,21,23)/t15-,16-/m1/s1. The van der Waals surface area contributed by atoms with Crippen LogP contribution in [0.15, 0.2) is 28.7 Å². The fourth-order valence-electron chi connectivity index (χ4n) is 3.20. The number of anilines is 1. The summed E-state index contributed by atoms with van der Waals surface area (Å²) in [5.74, 6) is 2.30. The minimum atomic E-state index is -0.0816. The Kier molecular flexibility index (Phi) is 4.26. The fourth-order valence-corrected chi connectivity index (χ4v) is 3.20. The molecule has 0 bridgehead atoms. The molecular formula is C18H20N4O2. The smallest absolute Gasteiger partial charge is 0.217 e. The average Bonchev–Trinajstić information content (AvgIpc) is 3.13. The van der Waals surface area contributed by atoms with Crippen LogP contribution in [0, 0.1) is 25.2 Å². The van der Waals surface area contributed by atoms with Crippen molar-refractivity contribution in [2.75, 3.05) is 18.0 Å². The maximum absolute atomic E-state index is 11.6. The van der Waals surface area contributed by atoms with Crippen molar-refractivity contribution in [2.24, 2.45) is 0 Å². The number of nitriles is 1. The van der Waals surface area contributed by atoms with Gasteiger partial charge in [0.1, 0.15) is 23.4 Å². The van der Waals surface area contributed by atoms with Gasteiger partial charge in [-0.1, -0.05) is 0 Å². The zero-order valence-corrected chi connectivity index (χ0v) is 14.0. The molecule has 1 aliphatic rings. The summed E-state index contributed by atoms with van der Waals surface area (Å²) < 4.78 is 5.78. The molecule has 0 aromatic carbocycles. The number of nitrogens with one attached hydrogen (secondary N) is 1. The molecule has 1 saturated heterocycles. The van der Waals surface area contributed by atoms with E-state index < -0.39 is 0 Å². The Labute approximate surface area is 141 Å². The Morgan fingerprint density at radius 3 is 2.75 bits per heavy atom. The summed E-state index contributed by atoms with van der Waals surface area (Å²) in [4.78, 5) is 18.2. The Morgan fingerprint density at radius 1 is 1.33 bits per heavy atom. The Morgan fingerprint density at radius 2 is 2.12 bits per heavy atom. The largest absolute Gasteiger partial charge is 0.466 e. The summed E-state index contributed by atoms with van der Waals surface area (Å²) in [7, 11) is 0. The van der Waals surface area contributed by atoms with Crippen molar-refractivity contribution >= 4 is 11.7 Å². The van der Waals surface area contributed by atoms with Gasteiger partial charge in [-0.05, 0) is 38.1 Å². The highest BCUT2D eigenvalue weighted by atomic mass is 16.3. The van der Waals surface area contributed by atoms with Crippen LogP contribution in [-0.4, -0.2) is 30.0 Å². The highest BCUT2D eigenvalue weighted by Crippen LogP contribution is 2.32. The van der Waals surface area contributed by atoms with Gasteiger partial charge in [0, 0.05) is 25.7 Å². The van der Waals surface area contributed by atoms with Crippen LogP contribution in [-0.2, 0) is 4.79 Å². The molecule has 0 aliphatic carbocycles. The van der Waals surface area contributed by atoms with E-state index in [1.807, 2.05) is 32.0 Å². The summed E-state index contributed by atoms with van der Waals surface area (Å²) in [6.45, 7) is 6.55. The number of pyridine rings is 1. The second-order valence-corrected chi connectivity index (χ2v) is 6.20. The van der Waals surface area contributed by atoms with Crippen molar-refractivity contribution in [3.63, 3.8) is 0 Å². The van der Waals surface area contributed by atoms with Crippen LogP contribution in [0.25, 0.3) is 0 Å². The molecule has 2 aromatic rings. The van der Waals surface area contributed by atoms with Crippen LogP contribution in [0.1, 0.15) is 35.6 Å². The monoisotopic (exact) mass is 324 g/mol. The van der Waals surface area contributed by atoms with Gasteiger partial charge in [0.05, 0.1) is 17.5 Å². The van der Waals surface area contributed by atoms with E-state index in [4.69, 9.17) is 4.42 Å². The molecule has 0 unspecified atom stereocenters. The molecule has 0 spiro atoms. The highest BCUT2D eigenvalue weighted by molar-refractivity contribution is 5.73. The molecule has 124 valence electrons. The molecule has 0 radical (unpaired) electrons. The lowest BCUT2D eigenvalue weighted by molar-refractivity contribution is -0.119. The van der Waals surface area contributed by atoms with Crippen LogP contribution in [0.4, 0.5) is 5.82 Å². The van der Waals surface area contributed by atoms with E-state index in [9.17, 15) is 10.1 Å². The van der Waals surface area contributed by atoms with Crippen molar-refractivity contribution < 1.29 is 9.21 Å². The van der Waals surface area contributed by atoms with E-state index in [2.05, 4.69) is 21.3 Å². The van der Waals surface area contributed by atoms with Gasteiger partial charge in [0.25, 0.3) is 0 Å². The number of nitrogens with zero attached hydrogens (tertiary/aromatic N) is 3. The molecule has 1 amide bonds. The first kappa shape index (κ1) is 16.1. The zero-order valence-electron chi connectivity index (χ0n) is 14.0. The zero-order chi connectivity index (χ0) is 17.3. The number of aryl methyl sites for hydroxylation is 2. The summed E-state index contributed by atoms with van der Waals surface area (Å²) in [5, 5.41) is 12.4. The second kappa shape index (κ2) is 6.36. The minimum absolute atomic E-state index is 0.0245. The Balaban J connectivity index is 1.93. The van der Waals surface area contributed by atoms with Gasteiger partial charge in [-0.25, -0.2) is 4.98 Å². The maximum Gasteiger partial charge on any atom is 0.217 e. The lowest BCUT2D eigenvalue weighted by Crippen LogP contribution is -2.38. The topological polar surface area (TPSA) is 82.2 Å². The van der Waals surface area contributed by atoms with Gasteiger partial charge < -0.3 is 14.6 Å². The van der Waals surface area contributed by atoms with E-state index in [0.29, 0.717) is 24.5 Å². The number of hydrogen-bond donors (Lipinski definition) is 1. The number of carbonyl (C=O) groups excluding carboxylic acids is 1. The summed E-state index contributed by atoms with van der Waals surface area (Å²) in [6.07, 6.45) is 0. The number of aromatic nitrogens is 1. The number of furan rings is 1. The van der Waals surface area contributed by atoms with Crippen LogP contribution >= 0.6 is 0 Å². The molecule has 6 nitrogen and oxygen atoms in total. The highest BCUT2D eigenvalue weighted by Gasteiger charge is 2.37. The third kappa shape index (κ3) is 3.11. The normalized spacial score (nSPS) is 20.0. The van der Waals surface area contributed by atoms with E-state index in [-0.39, 0.29) is 17.9 Å². The molecule has 0 saturated carbocycles. The fraction of sp³-hybridized carbons (Fsp3) is 0.389. The average molecular weight is 324 g/mol. The molecule has 1 aliphatic heterocycles. The molecule has 2 aromatic heterocycles.